The molecule has 0 radical (unpaired) electrons. The van der Waals surface area contributed by atoms with Crippen molar-refractivity contribution in [3.8, 4) is 0 Å². The molecule has 1 saturated heterocycles. The number of nitrogens with two attached hydrogens (primary N) is 1. The Morgan fingerprint density at radius 3 is 2.80 bits per heavy atom. The van der Waals surface area contributed by atoms with Crippen LogP contribution in [0.15, 0.2) is 29.2 Å². The lowest BCUT2D eigenvalue weighted by Gasteiger charge is -2.33. The van der Waals surface area contributed by atoms with Crippen LogP contribution in [0, 0.1) is 0 Å². The van der Waals surface area contributed by atoms with E-state index in [1.165, 1.54) is 0 Å². The Bertz CT molecular complexity index is 494. The second-order valence-electron chi connectivity index (χ2n) is 5.15. The molecule has 2 rings (SSSR count). The van der Waals surface area contributed by atoms with Gasteiger partial charge < -0.3 is 15.6 Å². The van der Waals surface area contributed by atoms with E-state index in [2.05, 4.69) is 10.2 Å². The van der Waals surface area contributed by atoms with Crippen molar-refractivity contribution in [2.45, 2.75) is 25.4 Å². The monoisotopic (exact) mass is 278 g/mol. The Hall–Kier alpha value is -1.66. The molecule has 1 aromatic rings. The number of amides is 1. The van der Waals surface area contributed by atoms with E-state index in [0.717, 1.165) is 25.9 Å². The van der Waals surface area contributed by atoms with Gasteiger partial charge in [0.2, 0.25) is 5.91 Å². The lowest BCUT2D eigenvalue weighted by Crippen LogP contribution is -2.47. The Morgan fingerprint density at radius 2 is 2.15 bits per heavy atom. The number of pyridine rings is 1. The molecule has 1 aliphatic heterocycles. The molecule has 1 aromatic heterocycles. The van der Waals surface area contributed by atoms with Gasteiger partial charge in [-0.1, -0.05) is 6.07 Å². The number of carbonyl (C=O) groups is 1. The summed E-state index contributed by atoms with van der Waals surface area (Å²) < 4.78 is 1.66. The lowest BCUT2D eigenvalue weighted by atomic mass is 10.0. The van der Waals surface area contributed by atoms with E-state index >= 15 is 0 Å². The van der Waals surface area contributed by atoms with Crippen molar-refractivity contribution in [2.75, 3.05) is 26.2 Å². The van der Waals surface area contributed by atoms with Crippen LogP contribution in [0.1, 0.15) is 12.8 Å². The Morgan fingerprint density at radius 1 is 1.40 bits per heavy atom. The Labute approximate surface area is 118 Å². The quantitative estimate of drug-likeness (QED) is 0.727. The molecule has 0 spiro atoms. The van der Waals surface area contributed by atoms with Crippen molar-refractivity contribution in [1.82, 2.24) is 14.8 Å². The number of hydrogen-bond donors (Lipinski definition) is 2. The van der Waals surface area contributed by atoms with Gasteiger partial charge in [0.05, 0.1) is 6.54 Å². The largest absolute Gasteiger partial charge is 0.369 e. The molecule has 0 aromatic carbocycles. The van der Waals surface area contributed by atoms with Gasteiger partial charge in [-0.3, -0.25) is 14.5 Å². The van der Waals surface area contributed by atoms with Gasteiger partial charge in [0.25, 0.3) is 5.56 Å². The van der Waals surface area contributed by atoms with Gasteiger partial charge in [-0.15, -0.1) is 0 Å². The maximum atomic E-state index is 11.7. The lowest BCUT2D eigenvalue weighted by molar-refractivity contribution is -0.119. The first-order valence-electron chi connectivity index (χ1n) is 7.05. The van der Waals surface area contributed by atoms with Gasteiger partial charge in [-0.05, 0) is 32.0 Å². The highest BCUT2D eigenvalue weighted by molar-refractivity contribution is 5.75. The molecular weight excluding hydrogens is 256 g/mol. The molecule has 6 nitrogen and oxygen atoms in total. The van der Waals surface area contributed by atoms with Crippen LogP contribution in [0.3, 0.4) is 0 Å². The van der Waals surface area contributed by atoms with Crippen molar-refractivity contribution < 1.29 is 4.79 Å². The van der Waals surface area contributed by atoms with Crippen LogP contribution in [0.5, 0.6) is 0 Å². The molecule has 0 bridgehead atoms. The third-order valence-corrected chi connectivity index (χ3v) is 3.71. The van der Waals surface area contributed by atoms with E-state index < -0.39 is 0 Å². The second kappa shape index (κ2) is 7.21. The molecule has 6 heteroatoms. The number of aromatic nitrogens is 1. The van der Waals surface area contributed by atoms with Crippen LogP contribution in [-0.4, -0.2) is 47.6 Å². The number of primary amides is 1. The summed E-state index contributed by atoms with van der Waals surface area (Å²) in [5.41, 5.74) is 5.32. The highest BCUT2D eigenvalue weighted by Gasteiger charge is 2.21. The predicted molar refractivity (Wildman–Crippen MR) is 77.4 cm³/mol. The van der Waals surface area contributed by atoms with E-state index in [4.69, 9.17) is 5.73 Å². The van der Waals surface area contributed by atoms with Crippen molar-refractivity contribution in [3.05, 3.63) is 34.7 Å². The van der Waals surface area contributed by atoms with Crippen molar-refractivity contribution in [3.63, 3.8) is 0 Å². The molecule has 0 atom stereocenters. The molecule has 110 valence electrons. The molecule has 2 heterocycles. The van der Waals surface area contributed by atoms with Gasteiger partial charge in [-0.2, -0.15) is 0 Å². The van der Waals surface area contributed by atoms with Crippen LogP contribution in [-0.2, 0) is 11.3 Å². The first-order chi connectivity index (χ1) is 9.66. The standard InChI is InChI=1S/C14H22N4O2/c15-13(19)11-18(12-4-6-16-7-5-12)10-9-17-8-2-1-3-14(17)20/h1-3,8,12,16H,4-7,9-11H2,(H2,15,19). The zero-order valence-electron chi connectivity index (χ0n) is 11.6. The summed E-state index contributed by atoms with van der Waals surface area (Å²) >= 11 is 0. The second-order valence-corrected chi connectivity index (χ2v) is 5.15. The number of piperidine rings is 1. The Kier molecular flexibility index (Phi) is 5.31. The predicted octanol–water partition coefficient (Wildman–Crippen LogP) is -0.612. The molecule has 0 aliphatic carbocycles. The summed E-state index contributed by atoms with van der Waals surface area (Å²) in [6.07, 6.45) is 3.79. The molecular formula is C14H22N4O2. The average Bonchev–Trinajstić information content (AvgIpc) is 2.45. The molecule has 1 aliphatic rings. The topological polar surface area (TPSA) is 80.4 Å². The summed E-state index contributed by atoms with van der Waals surface area (Å²) in [7, 11) is 0. The third kappa shape index (κ3) is 4.18. The van der Waals surface area contributed by atoms with E-state index in [-0.39, 0.29) is 18.0 Å². The maximum absolute atomic E-state index is 11.7. The first kappa shape index (κ1) is 14.7. The molecule has 20 heavy (non-hydrogen) atoms. The van der Waals surface area contributed by atoms with Crippen LogP contribution in [0.2, 0.25) is 0 Å². The highest BCUT2D eigenvalue weighted by atomic mass is 16.1. The SMILES string of the molecule is NC(=O)CN(CCn1ccccc1=O)C1CCNCC1. The van der Waals surface area contributed by atoms with Gasteiger partial charge in [-0.25, -0.2) is 0 Å². The van der Waals surface area contributed by atoms with Crippen LogP contribution in [0.25, 0.3) is 0 Å². The zero-order chi connectivity index (χ0) is 14.4. The fourth-order valence-electron chi connectivity index (χ4n) is 2.64. The van der Waals surface area contributed by atoms with Gasteiger partial charge >= 0.3 is 0 Å². The maximum Gasteiger partial charge on any atom is 0.250 e. The molecule has 3 N–H and O–H groups in total. The van der Waals surface area contributed by atoms with Crippen molar-refractivity contribution in [1.29, 1.82) is 0 Å². The van der Waals surface area contributed by atoms with Crippen molar-refractivity contribution in [2.24, 2.45) is 5.73 Å². The Balaban J connectivity index is 1.98. The summed E-state index contributed by atoms with van der Waals surface area (Å²) in [5.74, 6) is -0.316. The minimum atomic E-state index is -0.316. The number of nitrogens with one attached hydrogen (secondary N) is 1. The molecule has 1 fully saturated rings. The third-order valence-electron chi connectivity index (χ3n) is 3.71. The highest BCUT2D eigenvalue weighted by Crippen LogP contribution is 2.11. The van der Waals surface area contributed by atoms with E-state index in [9.17, 15) is 9.59 Å². The number of rotatable bonds is 6. The minimum absolute atomic E-state index is 0.0168. The number of hydrogen-bond acceptors (Lipinski definition) is 4. The summed E-state index contributed by atoms with van der Waals surface area (Å²) in [5, 5.41) is 3.31. The van der Waals surface area contributed by atoms with Gasteiger partial charge in [0.15, 0.2) is 0 Å². The molecule has 0 unspecified atom stereocenters. The molecule has 1 amide bonds. The van der Waals surface area contributed by atoms with Crippen LogP contribution < -0.4 is 16.6 Å². The van der Waals surface area contributed by atoms with Gasteiger partial charge in [0, 0.05) is 31.4 Å². The average molecular weight is 278 g/mol. The number of nitrogens with zero attached hydrogens (tertiary/aromatic N) is 2. The fourth-order valence-corrected chi connectivity index (χ4v) is 2.64. The summed E-state index contributed by atoms with van der Waals surface area (Å²) in [6.45, 7) is 3.43. The van der Waals surface area contributed by atoms with E-state index in [0.29, 0.717) is 19.1 Å². The van der Waals surface area contributed by atoms with Crippen molar-refractivity contribution >= 4 is 5.91 Å². The zero-order valence-corrected chi connectivity index (χ0v) is 11.6. The minimum Gasteiger partial charge on any atom is -0.369 e. The number of carbonyl (C=O) groups excluding carboxylic acids is 1. The van der Waals surface area contributed by atoms with Crippen LogP contribution >= 0.6 is 0 Å². The van der Waals surface area contributed by atoms with Gasteiger partial charge in [0.1, 0.15) is 0 Å². The fraction of sp³-hybridized carbons (Fsp3) is 0.571. The van der Waals surface area contributed by atoms with Crippen LogP contribution in [0.4, 0.5) is 0 Å². The van der Waals surface area contributed by atoms with E-state index in [1.807, 2.05) is 6.07 Å². The van der Waals surface area contributed by atoms with E-state index in [1.54, 1.807) is 22.9 Å². The first-order valence-corrected chi connectivity index (χ1v) is 7.05. The summed E-state index contributed by atoms with van der Waals surface area (Å²) in [4.78, 5) is 25.0. The normalized spacial score (nSPS) is 16.4. The molecule has 0 saturated carbocycles. The smallest absolute Gasteiger partial charge is 0.250 e. The summed E-state index contributed by atoms with van der Waals surface area (Å²) in [6, 6.07) is 5.48.